The van der Waals surface area contributed by atoms with Crippen molar-refractivity contribution in [1.29, 1.82) is 0 Å². The van der Waals surface area contributed by atoms with Crippen molar-refractivity contribution in [2.45, 2.75) is 5.75 Å². The molecule has 1 N–H and O–H groups in total. The molecule has 3 nitrogen and oxygen atoms in total. The van der Waals surface area contributed by atoms with Gasteiger partial charge in [-0.3, -0.25) is 0 Å². The van der Waals surface area contributed by atoms with Gasteiger partial charge in [-0.2, -0.15) is 0 Å². The molecule has 0 aliphatic carbocycles. The minimum atomic E-state index is -3.27. The van der Waals surface area contributed by atoms with Crippen LogP contribution in [-0.2, 0) is 15.6 Å². The van der Waals surface area contributed by atoms with Crippen LogP contribution in [0.2, 0.25) is 5.02 Å². The maximum absolute atomic E-state index is 13.4. The van der Waals surface area contributed by atoms with E-state index in [4.69, 9.17) is 11.6 Å². The lowest BCUT2D eigenvalue weighted by Crippen LogP contribution is -2.45. The number of benzene rings is 1. The Labute approximate surface area is 105 Å². The summed E-state index contributed by atoms with van der Waals surface area (Å²) in [6, 6.07) is 3.97. The van der Waals surface area contributed by atoms with Crippen LogP contribution in [0.3, 0.4) is 0 Å². The summed E-state index contributed by atoms with van der Waals surface area (Å²) in [5, 5.41) is 3.36. The van der Waals surface area contributed by atoms with Crippen LogP contribution in [-0.4, -0.2) is 27.3 Å². The largest absolute Gasteiger partial charge is 0.316 e. The average molecular weight is 278 g/mol. The zero-order chi connectivity index (χ0) is 12.5. The summed E-state index contributed by atoms with van der Waals surface area (Å²) in [4.78, 5) is 0. The highest BCUT2D eigenvalue weighted by atomic mass is 35.5. The molecule has 0 spiro atoms. The van der Waals surface area contributed by atoms with Gasteiger partial charge < -0.3 is 5.32 Å². The standard InChI is InChI=1S/C11H13ClFNO2S/c12-10-1-2-11(13)9(3-10)7-17(15,16)6-8-4-14-5-8/h1-3,8,14H,4-7H2. The molecule has 1 fully saturated rings. The second-order valence-electron chi connectivity index (χ2n) is 4.31. The first-order valence-corrected chi connectivity index (χ1v) is 7.51. The van der Waals surface area contributed by atoms with E-state index in [0.717, 1.165) is 13.1 Å². The van der Waals surface area contributed by atoms with E-state index in [1.54, 1.807) is 0 Å². The summed E-state index contributed by atoms with van der Waals surface area (Å²) in [6.45, 7) is 1.44. The lowest BCUT2D eigenvalue weighted by Gasteiger charge is -2.26. The molecule has 0 saturated carbocycles. The first-order valence-electron chi connectivity index (χ1n) is 5.31. The second-order valence-corrected chi connectivity index (χ2v) is 6.86. The first-order chi connectivity index (χ1) is 7.96. The number of sulfone groups is 1. The molecule has 0 aromatic heterocycles. The van der Waals surface area contributed by atoms with Gasteiger partial charge in [0, 0.05) is 23.7 Å². The van der Waals surface area contributed by atoms with Gasteiger partial charge in [-0.25, -0.2) is 12.8 Å². The highest BCUT2D eigenvalue weighted by molar-refractivity contribution is 7.90. The van der Waals surface area contributed by atoms with Gasteiger partial charge in [-0.1, -0.05) is 11.6 Å². The van der Waals surface area contributed by atoms with Gasteiger partial charge in [0.25, 0.3) is 0 Å². The zero-order valence-corrected chi connectivity index (χ0v) is 10.7. The fraction of sp³-hybridized carbons (Fsp3) is 0.455. The van der Waals surface area contributed by atoms with Crippen molar-refractivity contribution in [3.8, 4) is 0 Å². The molecular weight excluding hydrogens is 265 g/mol. The number of nitrogens with one attached hydrogen (secondary N) is 1. The van der Waals surface area contributed by atoms with Crippen molar-refractivity contribution >= 4 is 21.4 Å². The summed E-state index contributed by atoms with van der Waals surface area (Å²) in [5.41, 5.74) is 0.143. The second kappa shape index (κ2) is 4.92. The van der Waals surface area contributed by atoms with Crippen molar-refractivity contribution in [2.24, 2.45) is 5.92 Å². The SMILES string of the molecule is O=S(=O)(Cc1cc(Cl)ccc1F)CC1CNC1. The molecule has 0 radical (unpaired) electrons. The van der Waals surface area contributed by atoms with Gasteiger partial charge in [0.2, 0.25) is 0 Å². The van der Waals surface area contributed by atoms with Crippen LogP contribution in [0.1, 0.15) is 5.56 Å². The fourth-order valence-electron chi connectivity index (χ4n) is 1.78. The first kappa shape index (κ1) is 12.8. The highest BCUT2D eigenvalue weighted by Gasteiger charge is 2.25. The van der Waals surface area contributed by atoms with E-state index in [9.17, 15) is 12.8 Å². The van der Waals surface area contributed by atoms with E-state index in [1.165, 1.54) is 18.2 Å². The molecule has 0 bridgehead atoms. The van der Waals surface area contributed by atoms with Gasteiger partial charge >= 0.3 is 0 Å². The lowest BCUT2D eigenvalue weighted by molar-refractivity contribution is 0.378. The summed E-state index contributed by atoms with van der Waals surface area (Å²) in [7, 11) is -3.27. The quantitative estimate of drug-likeness (QED) is 0.910. The predicted octanol–water partition coefficient (Wildman–Crippen LogP) is 1.61. The van der Waals surface area contributed by atoms with Crippen molar-refractivity contribution in [3.63, 3.8) is 0 Å². The van der Waals surface area contributed by atoms with Gasteiger partial charge in [0.05, 0.1) is 11.5 Å². The maximum Gasteiger partial charge on any atom is 0.154 e. The summed E-state index contributed by atoms with van der Waals surface area (Å²) in [6.07, 6.45) is 0. The molecular formula is C11H13ClFNO2S. The summed E-state index contributed by atoms with van der Waals surface area (Å²) >= 11 is 5.72. The number of hydrogen-bond acceptors (Lipinski definition) is 3. The molecule has 1 heterocycles. The molecule has 0 amide bonds. The van der Waals surface area contributed by atoms with Crippen LogP contribution in [0.15, 0.2) is 18.2 Å². The van der Waals surface area contributed by atoms with E-state index in [0.29, 0.717) is 5.02 Å². The minimum absolute atomic E-state index is 0.103. The summed E-state index contributed by atoms with van der Waals surface area (Å²) in [5.74, 6) is -0.547. The molecule has 94 valence electrons. The smallest absolute Gasteiger partial charge is 0.154 e. The Hall–Kier alpha value is -0.650. The van der Waals surface area contributed by atoms with Crippen molar-refractivity contribution in [1.82, 2.24) is 5.32 Å². The summed E-state index contributed by atoms with van der Waals surface area (Å²) < 4.78 is 37.1. The number of rotatable bonds is 4. The van der Waals surface area contributed by atoms with Gasteiger partial charge in [0.1, 0.15) is 5.82 Å². The molecule has 1 saturated heterocycles. The third-order valence-corrected chi connectivity index (χ3v) is 4.70. The van der Waals surface area contributed by atoms with Gasteiger partial charge in [-0.15, -0.1) is 0 Å². The van der Waals surface area contributed by atoms with Gasteiger partial charge in [0.15, 0.2) is 9.84 Å². The Morgan fingerprint density at radius 1 is 1.41 bits per heavy atom. The number of halogens is 2. The third kappa shape index (κ3) is 3.40. The van der Waals surface area contributed by atoms with E-state index >= 15 is 0 Å². The molecule has 1 aromatic rings. The van der Waals surface area contributed by atoms with Crippen LogP contribution in [0, 0.1) is 11.7 Å². The lowest BCUT2D eigenvalue weighted by atomic mass is 10.1. The Balaban J connectivity index is 2.10. The Morgan fingerprint density at radius 3 is 2.71 bits per heavy atom. The molecule has 1 aliphatic heterocycles. The maximum atomic E-state index is 13.4. The molecule has 1 aromatic carbocycles. The number of hydrogen-bond donors (Lipinski definition) is 1. The molecule has 6 heteroatoms. The molecule has 0 atom stereocenters. The predicted molar refractivity (Wildman–Crippen MR) is 65.3 cm³/mol. The van der Waals surface area contributed by atoms with Crippen molar-refractivity contribution in [3.05, 3.63) is 34.6 Å². The zero-order valence-electron chi connectivity index (χ0n) is 9.12. The van der Waals surface area contributed by atoms with Crippen LogP contribution < -0.4 is 5.32 Å². The van der Waals surface area contributed by atoms with Crippen LogP contribution >= 0.6 is 11.6 Å². The monoisotopic (exact) mass is 277 g/mol. The Morgan fingerprint density at radius 2 is 2.12 bits per heavy atom. The molecule has 17 heavy (non-hydrogen) atoms. The highest BCUT2D eigenvalue weighted by Crippen LogP contribution is 2.19. The van der Waals surface area contributed by atoms with Crippen LogP contribution in [0.5, 0.6) is 0 Å². The molecule has 0 unspecified atom stereocenters. The van der Waals surface area contributed by atoms with Crippen molar-refractivity contribution in [2.75, 3.05) is 18.8 Å². The van der Waals surface area contributed by atoms with E-state index in [-0.39, 0.29) is 23.0 Å². The molecule has 1 aliphatic rings. The van der Waals surface area contributed by atoms with Crippen molar-refractivity contribution < 1.29 is 12.8 Å². The van der Waals surface area contributed by atoms with E-state index < -0.39 is 15.7 Å². The van der Waals surface area contributed by atoms with Crippen LogP contribution in [0.25, 0.3) is 0 Å². The topological polar surface area (TPSA) is 46.2 Å². The minimum Gasteiger partial charge on any atom is -0.316 e. The van der Waals surface area contributed by atoms with E-state index in [2.05, 4.69) is 5.32 Å². The Kier molecular flexibility index (Phi) is 3.70. The normalized spacial score (nSPS) is 16.8. The average Bonchev–Trinajstić information content (AvgIpc) is 2.18. The third-order valence-electron chi connectivity index (χ3n) is 2.74. The molecule has 2 rings (SSSR count). The Bertz CT molecular complexity index is 514. The van der Waals surface area contributed by atoms with Crippen LogP contribution in [0.4, 0.5) is 4.39 Å². The van der Waals surface area contributed by atoms with E-state index in [1.807, 2.05) is 0 Å². The fourth-order valence-corrected chi connectivity index (χ4v) is 3.74. The van der Waals surface area contributed by atoms with Gasteiger partial charge in [-0.05, 0) is 24.1 Å².